The zero-order chi connectivity index (χ0) is 17.4. The number of aromatic nitrogens is 2. The Hall–Kier alpha value is -2.73. The van der Waals surface area contributed by atoms with Crippen molar-refractivity contribution in [3.63, 3.8) is 0 Å². The van der Waals surface area contributed by atoms with E-state index in [1.54, 1.807) is 6.20 Å². The minimum Gasteiger partial charge on any atom is -0.461 e. The van der Waals surface area contributed by atoms with Crippen molar-refractivity contribution in [2.75, 3.05) is 19.7 Å². The van der Waals surface area contributed by atoms with E-state index in [0.29, 0.717) is 31.1 Å². The van der Waals surface area contributed by atoms with E-state index >= 15 is 0 Å². The van der Waals surface area contributed by atoms with Gasteiger partial charge in [-0.3, -0.25) is 4.79 Å². The topological polar surface area (TPSA) is 68.5 Å². The SMILES string of the molecule is Cc1nccc([C@H]2CN(C(=O)c3ccc4oc(C)cc4c3)CCO2)n1. The summed E-state index contributed by atoms with van der Waals surface area (Å²) in [5.74, 6) is 1.54. The van der Waals surface area contributed by atoms with Crippen LogP contribution in [0.3, 0.4) is 0 Å². The first-order chi connectivity index (χ1) is 12.1. The lowest BCUT2D eigenvalue weighted by molar-refractivity contribution is -0.0248. The highest BCUT2D eigenvalue weighted by atomic mass is 16.5. The van der Waals surface area contributed by atoms with Crippen molar-refractivity contribution >= 4 is 16.9 Å². The standard InChI is InChI=1S/C19H19N3O3/c1-12-9-15-10-14(3-4-17(15)25-12)19(23)22-7-8-24-18(11-22)16-5-6-20-13(2)21-16/h3-6,9-10,18H,7-8,11H2,1-2H3/t18-/m1/s1. The van der Waals surface area contributed by atoms with Gasteiger partial charge in [-0.25, -0.2) is 9.97 Å². The number of morpholine rings is 1. The molecule has 0 aliphatic carbocycles. The summed E-state index contributed by atoms with van der Waals surface area (Å²) in [6.07, 6.45) is 1.50. The summed E-state index contributed by atoms with van der Waals surface area (Å²) in [6.45, 7) is 5.29. The Morgan fingerprint density at radius 3 is 2.96 bits per heavy atom. The molecule has 0 spiro atoms. The molecule has 0 unspecified atom stereocenters. The summed E-state index contributed by atoms with van der Waals surface area (Å²) >= 11 is 0. The van der Waals surface area contributed by atoms with Crippen LogP contribution >= 0.6 is 0 Å². The Labute approximate surface area is 145 Å². The third kappa shape index (κ3) is 3.13. The maximum atomic E-state index is 12.9. The van der Waals surface area contributed by atoms with E-state index in [2.05, 4.69) is 9.97 Å². The average molecular weight is 337 g/mol. The Kier molecular flexibility index (Phi) is 3.97. The van der Waals surface area contributed by atoms with Crippen LogP contribution in [0.15, 0.2) is 40.9 Å². The monoisotopic (exact) mass is 337 g/mol. The molecule has 128 valence electrons. The fraction of sp³-hybridized carbons (Fsp3) is 0.316. The molecule has 1 amide bonds. The van der Waals surface area contributed by atoms with E-state index in [1.807, 2.05) is 49.1 Å². The molecule has 3 heterocycles. The Balaban J connectivity index is 1.56. The van der Waals surface area contributed by atoms with E-state index in [4.69, 9.17) is 9.15 Å². The molecule has 1 aliphatic heterocycles. The first-order valence-electron chi connectivity index (χ1n) is 8.31. The predicted octanol–water partition coefficient (Wildman–Crippen LogP) is 3.05. The molecule has 25 heavy (non-hydrogen) atoms. The molecule has 1 atom stereocenters. The van der Waals surface area contributed by atoms with Crippen LogP contribution in [0.4, 0.5) is 0 Å². The van der Waals surface area contributed by atoms with Crippen molar-refractivity contribution in [2.45, 2.75) is 20.0 Å². The van der Waals surface area contributed by atoms with Crippen molar-refractivity contribution in [2.24, 2.45) is 0 Å². The fourth-order valence-electron chi connectivity index (χ4n) is 3.16. The van der Waals surface area contributed by atoms with Gasteiger partial charge in [-0.05, 0) is 44.2 Å². The Morgan fingerprint density at radius 1 is 1.24 bits per heavy atom. The molecule has 1 aliphatic rings. The van der Waals surface area contributed by atoms with Gasteiger partial charge in [0.25, 0.3) is 5.91 Å². The van der Waals surface area contributed by atoms with Gasteiger partial charge in [-0.15, -0.1) is 0 Å². The minimum atomic E-state index is -0.223. The number of hydrogen-bond acceptors (Lipinski definition) is 5. The number of ether oxygens (including phenoxy) is 1. The molecular weight excluding hydrogens is 318 g/mol. The number of rotatable bonds is 2. The summed E-state index contributed by atoms with van der Waals surface area (Å²) in [6, 6.07) is 9.32. The van der Waals surface area contributed by atoms with Gasteiger partial charge in [0.1, 0.15) is 23.3 Å². The molecule has 4 rings (SSSR count). The van der Waals surface area contributed by atoms with Crippen LogP contribution in [0.1, 0.15) is 33.7 Å². The number of furan rings is 1. The number of nitrogens with zero attached hydrogens (tertiary/aromatic N) is 3. The molecule has 6 nitrogen and oxygen atoms in total. The molecule has 6 heteroatoms. The zero-order valence-electron chi connectivity index (χ0n) is 14.2. The second kappa shape index (κ2) is 6.29. The molecule has 3 aromatic rings. The van der Waals surface area contributed by atoms with Gasteiger partial charge < -0.3 is 14.1 Å². The van der Waals surface area contributed by atoms with Crippen LogP contribution in [0.2, 0.25) is 0 Å². The third-order valence-corrected chi connectivity index (χ3v) is 4.37. The molecule has 0 N–H and O–H groups in total. The van der Waals surface area contributed by atoms with E-state index in [1.165, 1.54) is 0 Å². The lowest BCUT2D eigenvalue weighted by Gasteiger charge is -2.32. The van der Waals surface area contributed by atoms with Gasteiger partial charge >= 0.3 is 0 Å². The molecule has 0 radical (unpaired) electrons. The molecule has 2 aromatic heterocycles. The van der Waals surface area contributed by atoms with Crippen LogP contribution in [-0.4, -0.2) is 40.5 Å². The maximum absolute atomic E-state index is 12.9. The van der Waals surface area contributed by atoms with Gasteiger partial charge in [0.2, 0.25) is 0 Å². The second-order valence-corrected chi connectivity index (χ2v) is 6.25. The molecule has 0 bridgehead atoms. The summed E-state index contributed by atoms with van der Waals surface area (Å²) in [5.41, 5.74) is 2.27. The Bertz CT molecular complexity index is 935. The number of amides is 1. The van der Waals surface area contributed by atoms with E-state index in [9.17, 15) is 4.79 Å². The number of fused-ring (bicyclic) bond motifs is 1. The van der Waals surface area contributed by atoms with E-state index < -0.39 is 0 Å². The number of hydrogen-bond donors (Lipinski definition) is 0. The smallest absolute Gasteiger partial charge is 0.254 e. The van der Waals surface area contributed by atoms with Crippen LogP contribution in [0.25, 0.3) is 11.0 Å². The number of carbonyl (C=O) groups excluding carboxylic acids is 1. The van der Waals surface area contributed by atoms with Crippen molar-refractivity contribution in [3.05, 3.63) is 59.4 Å². The maximum Gasteiger partial charge on any atom is 0.254 e. The second-order valence-electron chi connectivity index (χ2n) is 6.25. The number of aryl methyl sites for hydroxylation is 2. The van der Waals surface area contributed by atoms with Crippen LogP contribution < -0.4 is 0 Å². The van der Waals surface area contributed by atoms with Gasteiger partial charge in [-0.2, -0.15) is 0 Å². The van der Waals surface area contributed by atoms with Crippen molar-refractivity contribution in [3.8, 4) is 0 Å². The molecular formula is C19H19N3O3. The lowest BCUT2D eigenvalue weighted by Crippen LogP contribution is -2.42. The molecule has 1 aromatic carbocycles. The summed E-state index contributed by atoms with van der Waals surface area (Å²) < 4.78 is 11.4. The number of benzene rings is 1. The fourth-order valence-corrected chi connectivity index (χ4v) is 3.16. The van der Waals surface area contributed by atoms with Gasteiger partial charge in [-0.1, -0.05) is 0 Å². The molecule has 1 saturated heterocycles. The third-order valence-electron chi connectivity index (χ3n) is 4.37. The zero-order valence-corrected chi connectivity index (χ0v) is 14.2. The van der Waals surface area contributed by atoms with Gasteiger partial charge in [0, 0.05) is 23.7 Å². The lowest BCUT2D eigenvalue weighted by atomic mass is 10.1. The van der Waals surface area contributed by atoms with Gasteiger partial charge in [0.15, 0.2) is 0 Å². The van der Waals surface area contributed by atoms with E-state index in [-0.39, 0.29) is 12.0 Å². The average Bonchev–Trinajstić information content (AvgIpc) is 3.00. The highest BCUT2D eigenvalue weighted by Gasteiger charge is 2.27. The minimum absolute atomic E-state index is 0.000156. The van der Waals surface area contributed by atoms with Gasteiger partial charge in [0.05, 0.1) is 18.8 Å². The van der Waals surface area contributed by atoms with Crippen molar-refractivity contribution in [1.82, 2.24) is 14.9 Å². The van der Waals surface area contributed by atoms with Crippen LogP contribution in [-0.2, 0) is 4.74 Å². The predicted molar refractivity (Wildman–Crippen MR) is 92.3 cm³/mol. The summed E-state index contributed by atoms with van der Waals surface area (Å²) in [5, 5.41) is 0.944. The van der Waals surface area contributed by atoms with Crippen LogP contribution in [0, 0.1) is 13.8 Å². The highest BCUT2D eigenvalue weighted by Crippen LogP contribution is 2.24. The normalized spacial score (nSPS) is 17.8. The molecule has 0 saturated carbocycles. The highest BCUT2D eigenvalue weighted by molar-refractivity contribution is 5.97. The first kappa shape index (κ1) is 15.8. The number of carbonyl (C=O) groups is 1. The van der Waals surface area contributed by atoms with Crippen molar-refractivity contribution < 1.29 is 13.9 Å². The van der Waals surface area contributed by atoms with Crippen molar-refractivity contribution in [1.29, 1.82) is 0 Å². The quantitative estimate of drug-likeness (QED) is 0.719. The summed E-state index contributed by atoms with van der Waals surface area (Å²) in [4.78, 5) is 23.3. The summed E-state index contributed by atoms with van der Waals surface area (Å²) in [7, 11) is 0. The van der Waals surface area contributed by atoms with E-state index in [0.717, 1.165) is 22.4 Å². The molecule has 1 fully saturated rings. The largest absolute Gasteiger partial charge is 0.461 e. The van der Waals surface area contributed by atoms with Crippen LogP contribution in [0.5, 0.6) is 0 Å². The first-order valence-corrected chi connectivity index (χ1v) is 8.31. The Morgan fingerprint density at radius 2 is 2.12 bits per heavy atom.